The van der Waals surface area contributed by atoms with E-state index < -0.39 is 23.8 Å². The van der Waals surface area contributed by atoms with E-state index in [0.29, 0.717) is 6.54 Å². The van der Waals surface area contributed by atoms with Gasteiger partial charge in [-0.2, -0.15) is 5.26 Å². The number of amides is 1. The topological polar surface area (TPSA) is 77.0 Å². The molecule has 0 radical (unpaired) electrons. The Morgan fingerprint density at radius 3 is 3.06 bits per heavy atom. The van der Waals surface area contributed by atoms with E-state index in [1.807, 2.05) is 6.07 Å². The number of carbonyl (C=O) groups excluding carboxylic acids is 1. The summed E-state index contributed by atoms with van der Waals surface area (Å²) in [4.78, 5) is 11.8. The number of halogens is 2. The van der Waals surface area contributed by atoms with Crippen molar-refractivity contribution in [2.75, 3.05) is 6.54 Å². The Labute approximate surface area is 108 Å². The third kappa shape index (κ3) is 2.59. The summed E-state index contributed by atoms with van der Waals surface area (Å²) >= 11 is 5.60. The Bertz CT molecular complexity index is 516. The van der Waals surface area contributed by atoms with Crippen LogP contribution < -0.4 is 16.2 Å². The zero-order valence-corrected chi connectivity index (χ0v) is 9.96. The lowest BCUT2D eigenvalue weighted by molar-refractivity contribution is 0.0923. The van der Waals surface area contributed by atoms with E-state index in [1.165, 1.54) is 12.1 Å². The van der Waals surface area contributed by atoms with Crippen LogP contribution in [0.3, 0.4) is 0 Å². The Morgan fingerprint density at radius 2 is 2.39 bits per heavy atom. The van der Waals surface area contributed by atoms with Crippen molar-refractivity contribution in [1.29, 1.82) is 5.26 Å². The molecule has 7 heteroatoms. The van der Waals surface area contributed by atoms with Crippen molar-refractivity contribution in [2.24, 2.45) is 5.92 Å². The number of hydrogen-bond acceptors (Lipinski definition) is 4. The third-order valence-corrected chi connectivity index (χ3v) is 2.85. The van der Waals surface area contributed by atoms with E-state index in [9.17, 15) is 9.18 Å². The van der Waals surface area contributed by atoms with Gasteiger partial charge in [-0.15, -0.1) is 0 Å². The van der Waals surface area contributed by atoms with Crippen molar-refractivity contribution in [3.05, 3.63) is 34.6 Å². The average molecular weight is 269 g/mol. The number of hydrogen-bond donors (Lipinski definition) is 3. The molecule has 0 aromatic heterocycles. The van der Waals surface area contributed by atoms with Gasteiger partial charge in [0.25, 0.3) is 5.91 Å². The second-order valence-electron chi connectivity index (χ2n) is 3.84. The zero-order valence-electron chi connectivity index (χ0n) is 9.21. The third-order valence-electron chi connectivity index (χ3n) is 2.61. The molecule has 2 rings (SSSR count). The van der Waals surface area contributed by atoms with Crippen LogP contribution in [0.1, 0.15) is 10.4 Å². The van der Waals surface area contributed by atoms with Gasteiger partial charge in [-0.1, -0.05) is 11.6 Å². The summed E-state index contributed by atoms with van der Waals surface area (Å²) in [6.45, 7) is 0.421. The quantitative estimate of drug-likeness (QED) is 0.741. The van der Waals surface area contributed by atoms with Gasteiger partial charge in [0.05, 0.1) is 17.6 Å². The van der Waals surface area contributed by atoms with Gasteiger partial charge in [-0.25, -0.2) is 9.82 Å². The van der Waals surface area contributed by atoms with Crippen molar-refractivity contribution in [1.82, 2.24) is 16.2 Å². The average Bonchev–Trinajstić information content (AvgIpc) is 2.76. The number of carbonyl (C=O) groups is 1. The van der Waals surface area contributed by atoms with E-state index in [1.54, 1.807) is 0 Å². The van der Waals surface area contributed by atoms with E-state index >= 15 is 0 Å². The number of nitriles is 1. The molecule has 0 bridgehead atoms. The minimum absolute atomic E-state index is 0.107. The van der Waals surface area contributed by atoms with Crippen LogP contribution in [0.15, 0.2) is 18.2 Å². The fraction of sp³-hybridized carbons (Fsp3) is 0.273. The monoisotopic (exact) mass is 268 g/mol. The molecule has 3 N–H and O–H groups in total. The molecule has 0 aliphatic carbocycles. The van der Waals surface area contributed by atoms with Crippen LogP contribution in [0, 0.1) is 23.1 Å². The highest BCUT2D eigenvalue weighted by Gasteiger charge is 2.28. The fourth-order valence-corrected chi connectivity index (χ4v) is 1.81. The number of rotatable bonds is 2. The molecule has 1 aromatic rings. The Kier molecular flexibility index (Phi) is 3.77. The van der Waals surface area contributed by atoms with Crippen LogP contribution in [-0.2, 0) is 0 Å². The van der Waals surface area contributed by atoms with Crippen molar-refractivity contribution in [3.8, 4) is 6.07 Å². The molecule has 1 aromatic carbocycles. The second kappa shape index (κ2) is 5.31. The maximum absolute atomic E-state index is 13.5. The van der Waals surface area contributed by atoms with Crippen LogP contribution in [0.4, 0.5) is 4.39 Å². The minimum atomic E-state index is -0.695. The maximum Gasteiger partial charge on any atom is 0.255 e. The van der Waals surface area contributed by atoms with E-state index in [4.69, 9.17) is 16.9 Å². The molecule has 1 heterocycles. The highest BCUT2D eigenvalue weighted by atomic mass is 35.5. The maximum atomic E-state index is 13.5. The smallest absolute Gasteiger partial charge is 0.255 e. The largest absolute Gasteiger partial charge is 0.334 e. The lowest BCUT2D eigenvalue weighted by atomic mass is 10.1. The summed E-state index contributed by atoms with van der Waals surface area (Å²) in [5.41, 5.74) is 5.38. The van der Waals surface area contributed by atoms with Gasteiger partial charge in [-0.3, -0.25) is 10.2 Å². The van der Waals surface area contributed by atoms with Gasteiger partial charge in [-0.05, 0) is 18.2 Å². The Morgan fingerprint density at radius 1 is 1.61 bits per heavy atom. The summed E-state index contributed by atoms with van der Waals surface area (Å²) < 4.78 is 13.5. The SMILES string of the molecule is N#CC1CNNC1NC(=O)c1ccc(Cl)cc1F. The van der Waals surface area contributed by atoms with Crippen molar-refractivity contribution >= 4 is 17.5 Å². The molecule has 0 spiro atoms. The molecule has 5 nitrogen and oxygen atoms in total. The van der Waals surface area contributed by atoms with E-state index in [2.05, 4.69) is 16.2 Å². The highest BCUT2D eigenvalue weighted by molar-refractivity contribution is 6.30. The molecule has 1 fully saturated rings. The van der Waals surface area contributed by atoms with Gasteiger partial charge < -0.3 is 5.32 Å². The van der Waals surface area contributed by atoms with Crippen LogP contribution in [-0.4, -0.2) is 18.6 Å². The lowest BCUT2D eigenvalue weighted by Gasteiger charge is -2.15. The summed E-state index contributed by atoms with van der Waals surface area (Å²) in [6, 6.07) is 5.84. The molecule has 1 aliphatic rings. The Hall–Kier alpha value is -1.68. The first kappa shape index (κ1) is 12.8. The molecule has 1 amide bonds. The molecule has 1 aliphatic heterocycles. The lowest BCUT2D eigenvalue weighted by Crippen LogP contribution is -2.46. The number of hydrazine groups is 1. The molecule has 2 atom stereocenters. The number of benzene rings is 1. The van der Waals surface area contributed by atoms with Crippen molar-refractivity contribution in [2.45, 2.75) is 6.17 Å². The fourth-order valence-electron chi connectivity index (χ4n) is 1.65. The van der Waals surface area contributed by atoms with Gasteiger partial charge in [0, 0.05) is 11.6 Å². The predicted molar refractivity (Wildman–Crippen MR) is 62.9 cm³/mol. The van der Waals surface area contributed by atoms with Crippen LogP contribution >= 0.6 is 11.6 Å². The predicted octanol–water partition coefficient (Wildman–Crippen LogP) is 0.783. The van der Waals surface area contributed by atoms with Gasteiger partial charge >= 0.3 is 0 Å². The summed E-state index contributed by atoms with van der Waals surface area (Å²) in [5.74, 6) is -1.69. The van der Waals surface area contributed by atoms with Gasteiger partial charge in [0.1, 0.15) is 12.0 Å². The number of nitrogens with zero attached hydrogens (tertiary/aromatic N) is 1. The van der Waals surface area contributed by atoms with Crippen molar-refractivity contribution < 1.29 is 9.18 Å². The molecule has 0 saturated carbocycles. The minimum Gasteiger partial charge on any atom is -0.334 e. The molecular weight excluding hydrogens is 259 g/mol. The molecule has 18 heavy (non-hydrogen) atoms. The number of nitrogens with one attached hydrogen (secondary N) is 3. The zero-order chi connectivity index (χ0) is 13.1. The first-order valence-electron chi connectivity index (χ1n) is 5.25. The van der Waals surface area contributed by atoms with Gasteiger partial charge in [0.2, 0.25) is 0 Å². The summed E-state index contributed by atoms with van der Waals surface area (Å²) in [5, 5.41) is 11.6. The molecule has 2 unspecified atom stereocenters. The standard InChI is InChI=1S/C11H10ClFN4O/c12-7-1-2-8(9(13)3-7)11(18)16-10-6(4-14)5-15-17-10/h1-3,6,10,15,17H,5H2,(H,16,18). The first-order valence-corrected chi connectivity index (χ1v) is 5.63. The van der Waals surface area contributed by atoms with Crippen LogP contribution in [0.5, 0.6) is 0 Å². The second-order valence-corrected chi connectivity index (χ2v) is 4.27. The van der Waals surface area contributed by atoms with Gasteiger partial charge in [0.15, 0.2) is 0 Å². The Balaban J connectivity index is 2.10. The first-order chi connectivity index (χ1) is 8.61. The molecule has 1 saturated heterocycles. The van der Waals surface area contributed by atoms with E-state index in [0.717, 1.165) is 6.07 Å². The van der Waals surface area contributed by atoms with Crippen LogP contribution in [0.25, 0.3) is 0 Å². The summed E-state index contributed by atoms with van der Waals surface area (Å²) in [7, 11) is 0. The highest BCUT2D eigenvalue weighted by Crippen LogP contribution is 2.15. The summed E-state index contributed by atoms with van der Waals surface area (Å²) in [6.07, 6.45) is -0.544. The van der Waals surface area contributed by atoms with E-state index in [-0.39, 0.29) is 10.6 Å². The van der Waals surface area contributed by atoms with Crippen molar-refractivity contribution in [3.63, 3.8) is 0 Å². The molecular formula is C11H10ClFN4O. The van der Waals surface area contributed by atoms with Crippen LogP contribution in [0.2, 0.25) is 5.02 Å². The normalized spacial score (nSPS) is 22.5. The molecule has 94 valence electrons.